The van der Waals surface area contributed by atoms with Crippen molar-refractivity contribution in [3.8, 4) is 11.5 Å². The lowest BCUT2D eigenvalue weighted by atomic mass is 10.2. The van der Waals surface area contributed by atoms with Crippen LogP contribution in [0.5, 0.6) is 0 Å². The summed E-state index contributed by atoms with van der Waals surface area (Å²) in [5, 5.41) is 3.04. The number of aryl methyl sites for hydroxylation is 2. The highest BCUT2D eigenvalue weighted by Crippen LogP contribution is 2.20. The topological polar surface area (TPSA) is 51.0 Å². The average Bonchev–Trinajstić information content (AvgIpc) is 2.64. The Bertz CT molecular complexity index is 491. The van der Waals surface area contributed by atoms with Crippen LogP contribution in [0.15, 0.2) is 22.6 Å². The van der Waals surface area contributed by atoms with Crippen LogP contribution in [-0.4, -0.2) is 17.0 Å². The van der Waals surface area contributed by atoms with Crippen LogP contribution in [-0.2, 0) is 6.54 Å². The summed E-state index contributed by atoms with van der Waals surface area (Å²) in [5.41, 5.74) is 1.79. The third kappa shape index (κ3) is 2.28. The second-order valence-electron chi connectivity index (χ2n) is 3.75. The van der Waals surface area contributed by atoms with Gasteiger partial charge in [-0.15, -0.1) is 0 Å². The van der Waals surface area contributed by atoms with Crippen molar-refractivity contribution in [3.63, 3.8) is 0 Å². The monoisotopic (exact) mass is 217 g/mol. The van der Waals surface area contributed by atoms with Gasteiger partial charge in [-0.2, -0.15) is 0 Å². The van der Waals surface area contributed by atoms with Gasteiger partial charge in [0.25, 0.3) is 0 Å². The Balaban J connectivity index is 2.40. The molecule has 0 aliphatic heterocycles. The number of hydrogen-bond donors (Lipinski definition) is 1. The molecule has 0 saturated carbocycles. The number of hydrogen-bond acceptors (Lipinski definition) is 4. The summed E-state index contributed by atoms with van der Waals surface area (Å²) in [4.78, 5) is 8.78. The number of nitrogens with one attached hydrogen (secondary N) is 1. The van der Waals surface area contributed by atoms with E-state index in [1.165, 1.54) is 0 Å². The van der Waals surface area contributed by atoms with Crippen molar-refractivity contribution in [1.29, 1.82) is 0 Å². The van der Waals surface area contributed by atoms with Gasteiger partial charge in [-0.1, -0.05) is 0 Å². The maximum atomic E-state index is 5.55. The van der Waals surface area contributed by atoms with Crippen LogP contribution in [0.3, 0.4) is 0 Å². The van der Waals surface area contributed by atoms with E-state index < -0.39 is 0 Å². The Morgan fingerprint density at radius 2 is 2.06 bits per heavy atom. The molecule has 0 aromatic carbocycles. The summed E-state index contributed by atoms with van der Waals surface area (Å²) in [6.45, 7) is 4.54. The minimum absolute atomic E-state index is 0.661. The molecule has 84 valence electrons. The minimum Gasteiger partial charge on any atom is -0.460 e. The molecule has 0 aliphatic carbocycles. The molecule has 16 heavy (non-hydrogen) atoms. The normalized spacial score (nSPS) is 10.7. The molecular weight excluding hydrogens is 202 g/mol. The molecule has 0 aliphatic rings. The lowest BCUT2D eigenvalue weighted by Crippen LogP contribution is -2.10. The van der Waals surface area contributed by atoms with Crippen molar-refractivity contribution >= 4 is 0 Å². The summed E-state index contributed by atoms with van der Waals surface area (Å²) in [5.74, 6) is 2.47. The van der Waals surface area contributed by atoms with Crippen LogP contribution < -0.4 is 5.32 Å². The lowest BCUT2D eigenvalue weighted by Gasteiger charge is -2.03. The predicted octanol–water partition coefficient (Wildman–Crippen LogP) is 2.07. The summed E-state index contributed by atoms with van der Waals surface area (Å²) in [6, 6.07) is 5.79. The van der Waals surface area contributed by atoms with Crippen molar-refractivity contribution in [2.24, 2.45) is 0 Å². The maximum absolute atomic E-state index is 5.55. The van der Waals surface area contributed by atoms with Crippen molar-refractivity contribution in [1.82, 2.24) is 15.3 Å². The summed E-state index contributed by atoms with van der Waals surface area (Å²) in [6.07, 6.45) is 0. The predicted molar refractivity (Wildman–Crippen MR) is 62.0 cm³/mol. The zero-order valence-electron chi connectivity index (χ0n) is 9.74. The van der Waals surface area contributed by atoms with Crippen LogP contribution in [0.25, 0.3) is 11.5 Å². The van der Waals surface area contributed by atoms with E-state index in [2.05, 4.69) is 15.3 Å². The van der Waals surface area contributed by atoms with Crippen LogP contribution in [0.4, 0.5) is 0 Å². The highest BCUT2D eigenvalue weighted by Gasteiger charge is 2.07. The molecule has 0 spiro atoms. The molecule has 4 heteroatoms. The van der Waals surface area contributed by atoms with E-state index in [1.807, 2.05) is 39.1 Å². The van der Waals surface area contributed by atoms with E-state index in [1.54, 1.807) is 0 Å². The van der Waals surface area contributed by atoms with E-state index in [9.17, 15) is 0 Å². The van der Waals surface area contributed by atoms with Gasteiger partial charge in [0.15, 0.2) is 5.76 Å². The Morgan fingerprint density at radius 1 is 1.25 bits per heavy atom. The number of furan rings is 1. The maximum Gasteiger partial charge on any atom is 0.152 e. The average molecular weight is 217 g/mol. The number of aromatic nitrogens is 2. The zero-order chi connectivity index (χ0) is 11.5. The Hall–Kier alpha value is -1.68. The lowest BCUT2D eigenvalue weighted by molar-refractivity contribution is 0.545. The Labute approximate surface area is 94.7 Å². The first kappa shape index (κ1) is 10.8. The molecule has 2 aromatic heterocycles. The van der Waals surface area contributed by atoms with E-state index in [0.717, 1.165) is 28.7 Å². The fourth-order valence-corrected chi connectivity index (χ4v) is 1.57. The number of nitrogens with zero attached hydrogens (tertiary/aromatic N) is 2. The van der Waals surface area contributed by atoms with E-state index in [-0.39, 0.29) is 0 Å². The smallest absolute Gasteiger partial charge is 0.152 e. The van der Waals surface area contributed by atoms with E-state index >= 15 is 0 Å². The second-order valence-corrected chi connectivity index (χ2v) is 3.75. The highest BCUT2D eigenvalue weighted by molar-refractivity contribution is 5.52. The first-order chi connectivity index (χ1) is 7.69. The Kier molecular flexibility index (Phi) is 3.01. The molecule has 0 radical (unpaired) electrons. The molecule has 0 atom stereocenters. The van der Waals surface area contributed by atoms with Gasteiger partial charge in [0.1, 0.15) is 17.3 Å². The molecule has 2 rings (SSSR count). The highest BCUT2D eigenvalue weighted by atomic mass is 16.3. The number of rotatable bonds is 3. The standard InChI is InChI=1S/C12H15N3O/c1-8-6-10(11-5-4-9(2)16-11)15-12(14-8)7-13-3/h4-6,13H,7H2,1-3H3. The third-order valence-corrected chi connectivity index (χ3v) is 2.23. The second kappa shape index (κ2) is 4.45. The van der Waals surface area contributed by atoms with Crippen LogP contribution in [0, 0.1) is 13.8 Å². The first-order valence-electron chi connectivity index (χ1n) is 5.25. The summed E-state index contributed by atoms with van der Waals surface area (Å²) >= 11 is 0. The molecule has 0 unspecified atom stereocenters. The fourth-order valence-electron chi connectivity index (χ4n) is 1.57. The zero-order valence-corrected chi connectivity index (χ0v) is 9.74. The van der Waals surface area contributed by atoms with Crippen LogP contribution in [0.1, 0.15) is 17.3 Å². The largest absolute Gasteiger partial charge is 0.460 e. The molecule has 4 nitrogen and oxygen atoms in total. The minimum atomic E-state index is 0.661. The van der Waals surface area contributed by atoms with Crippen molar-refractivity contribution in [3.05, 3.63) is 35.5 Å². The molecule has 0 saturated heterocycles. The van der Waals surface area contributed by atoms with Crippen molar-refractivity contribution in [2.45, 2.75) is 20.4 Å². The molecule has 0 amide bonds. The fraction of sp³-hybridized carbons (Fsp3) is 0.333. The SMILES string of the molecule is CNCc1nc(C)cc(-c2ccc(C)o2)n1. The molecule has 2 aromatic rings. The molecule has 1 N–H and O–H groups in total. The molecule has 0 fully saturated rings. The van der Waals surface area contributed by atoms with E-state index in [4.69, 9.17) is 4.42 Å². The van der Waals surface area contributed by atoms with Gasteiger partial charge in [0, 0.05) is 5.69 Å². The Morgan fingerprint density at radius 3 is 2.69 bits per heavy atom. The first-order valence-corrected chi connectivity index (χ1v) is 5.25. The van der Waals surface area contributed by atoms with Gasteiger partial charge in [0.05, 0.1) is 6.54 Å². The quantitative estimate of drug-likeness (QED) is 0.855. The van der Waals surface area contributed by atoms with Crippen LogP contribution >= 0.6 is 0 Å². The van der Waals surface area contributed by atoms with Crippen LogP contribution in [0.2, 0.25) is 0 Å². The van der Waals surface area contributed by atoms with E-state index in [0.29, 0.717) is 6.54 Å². The van der Waals surface area contributed by atoms with Crippen molar-refractivity contribution in [2.75, 3.05) is 7.05 Å². The van der Waals surface area contributed by atoms with Gasteiger partial charge in [-0.25, -0.2) is 9.97 Å². The third-order valence-electron chi connectivity index (χ3n) is 2.23. The van der Waals surface area contributed by atoms with Gasteiger partial charge < -0.3 is 9.73 Å². The molecular formula is C12H15N3O. The van der Waals surface area contributed by atoms with Crippen molar-refractivity contribution < 1.29 is 4.42 Å². The van der Waals surface area contributed by atoms with Gasteiger partial charge in [-0.05, 0) is 39.1 Å². The van der Waals surface area contributed by atoms with Gasteiger partial charge in [0.2, 0.25) is 0 Å². The van der Waals surface area contributed by atoms with Gasteiger partial charge in [-0.3, -0.25) is 0 Å². The van der Waals surface area contributed by atoms with Gasteiger partial charge >= 0.3 is 0 Å². The summed E-state index contributed by atoms with van der Waals surface area (Å²) < 4.78 is 5.55. The molecule has 2 heterocycles. The summed E-state index contributed by atoms with van der Waals surface area (Å²) in [7, 11) is 1.88. The molecule has 0 bridgehead atoms.